The topological polar surface area (TPSA) is 21.6 Å². The van der Waals surface area contributed by atoms with Crippen LogP contribution in [0.4, 0.5) is 0 Å². The molecule has 0 amide bonds. The van der Waals surface area contributed by atoms with Gasteiger partial charge in [0.05, 0.1) is 6.54 Å². The molecule has 2 aliphatic heterocycles. The van der Waals surface area contributed by atoms with Crippen molar-refractivity contribution in [1.29, 1.82) is 0 Å². The van der Waals surface area contributed by atoms with E-state index in [-0.39, 0.29) is 0 Å². The number of benzene rings is 1. The molecule has 14 heavy (non-hydrogen) atoms. The van der Waals surface area contributed by atoms with Crippen LogP contribution in [0, 0.1) is 0 Å². The SMILES string of the molecule is C1=NCC=C2C1=COc1ccccc12. The van der Waals surface area contributed by atoms with E-state index in [0.717, 1.165) is 23.4 Å². The van der Waals surface area contributed by atoms with E-state index < -0.39 is 0 Å². The van der Waals surface area contributed by atoms with Crippen molar-refractivity contribution in [3.8, 4) is 5.75 Å². The molecule has 3 rings (SSSR count). The van der Waals surface area contributed by atoms with Gasteiger partial charge < -0.3 is 4.74 Å². The second-order valence-corrected chi connectivity index (χ2v) is 3.30. The fraction of sp³-hybridized carbons (Fsp3) is 0.0833. The smallest absolute Gasteiger partial charge is 0.134 e. The number of para-hydroxylation sites is 1. The third-order valence-electron chi connectivity index (χ3n) is 2.43. The van der Waals surface area contributed by atoms with Crippen molar-refractivity contribution in [2.75, 3.05) is 6.54 Å². The van der Waals surface area contributed by atoms with Crippen molar-refractivity contribution >= 4 is 11.8 Å². The molecule has 0 spiro atoms. The lowest BCUT2D eigenvalue weighted by Gasteiger charge is -2.19. The summed E-state index contributed by atoms with van der Waals surface area (Å²) in [7, 11) is 0. The monoisotopic (exact) mass is 183 g/mol. The Morgan fingerprint density at radius 3 is 3.14 bits per heavy atom. The van der Waals surface area contributed by atoms with Gasteiger partial charge in [0.15, 0.2) is 0 Å². The summed E-state index contributed by atoms with van der Waals surface area (Å²) in [6.07, 6.45) is 5.76. The highest BCUT2D eigenvalue weighted by Gasteiger charge is 2.17. The van der Waals surface area contributed by atoms with Crippen molar-refractivity contribution in [3.63, 3.8) is 0 Å². The Morgan fingerprint density at radius 2 is 2.14 bits per heavy atom. The summed E-state index contributed by atoms with van der Waals surface area (Å²) < 4.78 is 5.50. The molecule has 0 aromatic heterocycles. The van der Waals surface area contributed by atoms with Crippen molar-refractivity contribution in [2.45, 2.75) is 0 Å². The zero-order valence-corrected chi connectivity index (χ0v) is 7.60. The maximum Gasteiger partial charge on any atom is 0.134 e. The zero-order chi connectivity index (χ0) is 9.38. The maximum absolute atomic E-state index is 5.50. The summed E-state index contributed by atoms with van der Waals surface area (Å²) in [5, 5.41) is 0. The van der Waals surface area contributed by atoms with Gasteiger partial charge in [-0.3, -0.25) is 4.99 Å². The minimum atomic E-state index is 0.765. The van der Waals surface area contributed by atoms with Crippen LogP contribution in [0.3, 0.4) is 0 Å². The summed E-state index contributed by atoms with van der Waals surface area (Å²) >= 11 is 0. The van der Waals surface area contributed by atoms with Crippen molar-refractivity contribution < 1.29 is 4.74 Å². The average Bonchev–Trinajstić information content (AvgIpc) is 2.29. The Kier molecular flexibility index (Phi) is 1.53. The molecule has 0 N–H and O–H groups in total. The predicted molar refractivity (Wildman–Crippen MR) is 56.5 cm³/mol. The van der Waals surface area contributed by atoms with Crippen molar-refractivity contribution in [3.05, 3.63) is 47.7 Å². The molecular formula is C12H9NO. The highest BCUT2D eigenvalue weighted by Crippen LogP contribution is 2.35. The molecule has 1 aromatic carbocycles. The third-order valence-corrected chi connectivity index (χ3v) is 2.43. The number of dihydropyridines is 1. The zero-order valence-electron chi connectivity index (χ0n) is 7.60. The van der Waals surface area contributed by atoms with E-state index in [1.54, 1.807) is 6.26 Å². The summed E-state index contributed by atoms with van der Waals surface area (Å²) in [5.74, 6) is 0.929. The number of hydrogen-bond acceptors (Lipinski definition) is 2. The molecule has 2 nitrogen and oxygen atoms in total. The molecule has 0 saturated carbocycles. The lowest BCUT2D eigenvalue weighted by atomic mass is 9.95. The summed E-state index contributed by atoms with van der Waals surface area (Å²) in [5.41, 5.74) is 3.47. The normalized spacial score (nSPS) is 17.4. The van der Waals surface area contributed by atoms with Crippen LogP contribution in [0.5, 0.6) is 5.75 Å². The minimum absolute atomic E-state index is 0.765. The molecule has 0 atom stereocenters. The largest absolute Gasteiger partial charge is 0.464 e. The number of ether oxygens (including phenoxy) is 1. The van der Waals surface area contributed by atoms with Crippen LogP contribution < -0.4 is 4.74 Å². The maximum atomic E-state index is 5.50. The first kappa shape index (κ1) is 7.56. The molecule has 0 bridgehead atoms. The number of allylic oxidation sites excluding steroid dienone is 2. The Hall–Kier alpha value is -1.83. The molecule has 0 saturated heterocycles. The molecule has 68 valence electrons. The van der Waals surface area contributed by atoms with Gasteiger partial charge in [-0.25, -0.2) is 0 Å². The van der Waals surface area contributed by atoms with Gasteiger partial charge in [-0.05, 0) is 11.6 Å². The Bertz CT molecular complexity index is 469. The first-order valence-corrected chi connectivity index (χ1v) is 4.62. The van der Waals surface area contributed by atoms with Gasteiger partial charge in [-0.2, -0.15) is 0 Å². The fourth-order valence-electron chi connectivity index (χ4n) is 1.76. The highest BCUT2D eigenvalue weighted by atomic mass is 16.5. The molecule has 0 aliphatic carbocycles. The van der Waals surface area contributed by atoms with E-state index in [9.17, 15) is 0 Å². The third kappa shape index (κ3) is 1.01. The summed E-state index contributed by atoms with van der Waals surface area (Å²) in [6, 6.07) is 8.06. The average molecular weight is 183 g/mol. The molecule has 2 heteroatoms. The number of nitrogens with zero attached hydrogens (tertiary/aromatic N) is 1. The van der Waals surface area contributed by atoms with Crippen LogP contribution in [-0.4, -0.2) is 12.8 Å². The van der Waals surface area contributed by atoms with Crippen LogP contribution >= 0.6 is 0 Å². The molecule has 2 aliphatic rings. The number of hydrogen-bond donors (Lipinski definition) is 0. The van der Waals surface area contributed by atoms with Gasteiger partial charge in [0, 0.05) is 17.4 Å². The number of aliphatic imine (C=N–C) groups is 1. The molecule has 2 heterocycles. The van der Waals surface area contributed by atoms with Crippen LogP contribution in [0.2, 0.25) is 0 Å². The van der Waals surface area contributed by atoms with E-state index >= 15 is 0 Å². The second-order valence-electron chi connectivity index (χ2n) is 3.30. The highest BCUT2D eigenvalue weighted by molar-refractivity contribution is 6.03. The molecule has 0 unspecified atom stereocenters. The van der Waals surface area contributed by atoms with Crippen LogP contribution in [-0.2, 0) is 0 Å². The summed E-state index contributed by atoms with van der Waals surface area (Å²) in [4.78, 5) is 4.18. The molecular weight excluding hydrogens is 174 g/mol. The summed E-state index contributed by atoms with van der Waals surface area (Å²) in [6.45, 7) is 0.765. The van der Waals surface area contributed by atoms with Gasteiger partial charge in [0.1, 0.15) is 12.0 Å². The van der Waals surface area contributed by atoms with E-state index in [1.807, 2.05) is 24.4 Å². The number of rotatable bonds is 0. The van der Waals surface area contributed by atoms with Gasteiger partial charge in [0.2, 0.25) is 0 Å². The Morgan fingerprint density at radius 1 is 1.21 bits per heavy atom. The molecule has 0 radical (unpaired) electrons. The quantitative estimate of drug-likeness (QED) is 0.605. The standard InChI is InChI=1S/C12H9NO/c1-2-4-12-11(3-1)10-5-6-13-7-9(10)8-14-12/h1-5,7-8H,6H2. The first-order chi connectivity index (χ1) is 6.95. The van der Waals surface area contributed by atoms with Crippen LogP contribution in [0.25, 0.3) is 5.57 Å². The second kappa shape index (κ2) is 2.84. The van der Waals surface area contributed by atoms with Crippen molar-refractivity contribution in [2.24, 2.45) is 4.99 Å². The molecule has 0 fully saturated rings. The predicted octanol–water partition coefficient (Wildman–Crippen LogP) is 2.43. The van der Waals surface area contributed by atoms with E-state index in [0.29, 0.717) is 0 Å². The van der Waals surface area contributed by atoms with E-state index in [1.165, 1.54) is 5.57 Å². The Labute approximate surface area is 82.2 Å². The van der Waals surface area contributed by atoms with Crippen LogP contribution in [0.15, 0.2) is 47.2 Å². The van der Waals surface area contributed by atoms with Gasteiger partial charge in [0.25, 0.3) is 0 Å². The van der Waals surface area contributed by atoms with E-state index in [4.69, 9.17) is 4.74 Å². The first-order valence-electron chi connectivity index (χ1n) is 4.62. The lowest BCUT2D eigenvalue weighted by molar-refractivity contribution is 0.473. The number of fused-ring (bicyclic) bond motifs is 3. The van der Waals surface area contributed by atoms with Gasteiger partial charge in [-0.15, -0.1) is 0 Å². The van der Waals surface area contributed by atoms with Gasteiger partial charge in [-0.1, -0.05) is 24.3 Å². The Balaban J connectivity index is 2.20. The van der Waals surface area contributed by atoms with Gasteiger partial charge >= 0.3 is 0 Å². The van der Waals surface area contributed by atoms with Crippen molar-refractivity contribution in [1.82, 2.24) is 0 Å². The van der Waals surface area contributed by atoms with Crippen LogP contribution in [0.1, 0.15) is 5.56 Å². The minimum Gasteiger partial charge on any atom is -0.464 e. The lowest BCUT2D eigenvalue weighted by Crippen LogP contribution is -2.06. The van der Waals surface area contributed by atoms with E-state index in [2.05, 4.69) is 17.1 Å². The fourth-order valence-corrected chi connectivity index (χ4v) is 1.76. The molecule has 1 aromatic rings.